The molecule has 0 radical (unpaired) electrons. The second-order valence-corrected chi connectivity index (χ2v) is 4.52. The topological polar surface area (TPSA) is 24.9 Å². The van der Waals surface area contributed by atoms with Crippen LogP contribution in [-0.2, 0) is 0 Å². The molecule has 0 saturated heterocycles. The van der Waals surface area contributed by atoms with E-state index in [9.17, 15) is 4.39 Å². The molecule has 3 heteroatoms. The average molecular weight is 222 g/mol. The molecule has 1 aromatic heterocycles. The van der Waals surface area contributed by atoms with Gasteiger partial charge in [0.1, 0.15) is 5.82 Å². The van der Waals surface area contributed by atoms with E-state index in [1.165, 1.54) is 31.5 Å². The van der Waals surface area contributed by atoms with Gasteiger partial charge in [-0.2, -0.15) is 0 Å². The lowest BCUT2D eigenvalue weighted by Crippen LogP contribution is -2.33. The SMILES string of the molecule is CCCNC(c1ccc(F)cn1)C1CCC1. The molecule has 1 unspecified atom stereocenters. The fourth-order valence-electron chi connectivity index (χ4n) is 2.16. The molecule has 1 saturated carbocycles. The summed E-state index contributed by atoms with van der Waals surface area (Å²) in [7, 11) is 0. The van der Waals surface area contributed by atoms with Gasteiger partial charge in [0.25, 0.3) is 0 Å². The van der Waals surface area contributed by atoms with Gasteiger partial charge < -0.3 is 5.32 Å². The maximum absolute atomic E-state index is 12.8. The van der Waals surface area contributed by atoms with Crippen LogP contribution in [0.2, 0.25) is 0 Å². The summed E-state index contributed by atoms with van der Waals surface area (Å²) in [5, 5.41) is 3.52. The van der Waals surface area contributed by atoms with Gasteiger partial charge in [0.15, 0.2) is 0 Å². The van der Waals surface area contributed by atoms with Gasteiger partial charge in [-0.05, 0) is 43.9 Å². The fraction of sp³-hybridized carbons (Fsp3) is 0.615. The van der Waals surface area contributed by atoms with E-state index in [0.717, 1.165) is 18.7 Å². The van der Waals surface area contributed by atoms with Crippen molar-refractivity contribution in [1.29, 1.82) is 0 Å². The van der Waals surface area contributed by atoms with Crippen molar-refractivity contribution < 1.29 is 4.39 Å². The Hall–Kier alpha value is -0.960. The maximum Gasteiger partial charge on any atom is 0.141 e. The highest BCUT2D eigenvalue weighted by atomic mass is 19.1. The highest BCUT2D eigenvalue weighted by Gasteiger charge is 2.28. The van der Waals surface area contributed by atoms with Crippen molar-refractivity contribution in [3.63, 3.8) is 0 Å². The lowest BCUT2D eigenvalue weighted by Gasteiger charge is -2.34. The van der Waals surface area contributed by atoms with Gasteiger partial charge in [0, 0.05) is 0 Å². The maximum atomic E-state index is 12.8. The van der Waals surface area contributed by atoms with Gasteiger partial charge in [-0.3, -0.25) is 4.98 Å². The minimum absolute atomic E-state index is 0.258. The number of nitrogens with zero attached hydrogens (tertiary/aromatic N) is 1. The van der Waals surface area contributed by atoms with Gasteiger partial charge in [-0.25, -0.2) is 4.39 Å². The quantitative estimate of drug-likeness (QED) is 0.828. The van der Waals surface area contributed by atoms with Crippen molar-refractivity contribution in [2.45, 2.75) is 38.6 Å². The summed E-state index contributed by atoms with van der Waals surface area (Å²) in [5.41, 5.74) is 0.986. The van der Waals surface area contributed by atoms with Crippen LogP contribution in [0.15, 0.2) is 18.3 Å². The van der Waals surface area contributed by atoms with E-state index in [2.05, 4.69) is 17.2 Å². The molecule has 88 valence electrons. The van der Waals surface area contributed by atoms with Crippen LogP contribution in [0.1, 0.15) is 44.3 Å². The molecule has 1 aliphatic carbocycles. The van der Waals surface area contributed by atoms with Gasteiger partial charge >= 0.3 is 0 Å². The monoisotopic (exact) mass is 222 g/mol. The van der Waals surface area contributed by atoms with Gasteiger partial charge in [0.2, 0.25) is 0 Å². The smallest absolute Gasteiger partial charge is 0.141 e. The van der Waals surface area contributed by atoms with Gasteiger partial charge in [0.05, 0.1) is 17.9 Å². The van der Waals surface area contributed by atoms with E-state index in [-0.39, 0.29) is 5.82 Å². The normalized spacial score (nSPS) is 18.1. The zero-order valence-corrected chi connectivity index (χ0v) is 9.75. The van der Waals surface area contributed by atoms with Crippen molar-refractivity contribution in [1.82, 2.24) is 10.3 Å². The van der Waals surface area contributed by atoms with Gasteiger partial charge in [-0.1, -0.05) is 13.3 Å². The molecule has 0 aromatic carbocycles. The van der Waals surface area contributed by atoms with Crippen LogP contribution < -0.4 is 5.32 Å². The molecule has 1 N–H and O–H groups in total. The number of nitrogens with one attached hydrogen (secondary N) is 1. The van der Waals surface area contributed by atoms with Gasteiger partial charge in [-0.15, -0.1) is 0 Å². The van der Waals surface area contributed by atoms with Crippen molar-refractivity contribution in [3.8, 4) is 0 Å². The first kappa shape index (κ1) is 11.5. The highest BCUT2D eigenvalue weighted by molar-refractivity contribution is 5.12. The Kier molecular flexibility index (Phi) is 3.88. The van der Waals surface area contributed by atoms with Crippen molar-refractivity contribution in [3.05, 3.63) is 29.8 Å². The summed E-state index contributed by atoms with van der Waals surface area (Å²) in [4.78, 5) is 4.20. The van der Waals surface area contributed by atoms with E-state index in [0.29, 0.717) is 12.0 Å². The molecule has 2 rings (SSSR count). The number of hydrogen-bond donors (Lipinski definition) is 1. The predicted molar refractivity (Wildman–Crippen MR) is 62.6 cm³/mol. The first-order chi connectivity index (χ1) is 7.81. The molecule has 1 atom stereocenters. The molecule has 1 aliphatic rings. The Labute approximate surface area is 96.3 Å². The van der Waals surface area contributed by atoms with Crippen molar-refractivity contribution in [2.24, 2.45) is 5.92 Å². The van der Waals surface area contributed by atoms with Crippen LogP contribution in [0.4, 0.5) is 4.39 Å². The first-order valence-corrected chi connectivity index (χ1v) is 6.16. The molecular weight excluding hydrogens is 203 g/mol. The van der Waals surface area contributed by atoms with Crippen LogP contribution in [0.25, 0.3) is 0 Å². The van der Waals surface area contributed by atoms with E-state index in [1.807, 2.05) is 0 Å². The largest absolute Gasteiger partial charge is 0.308 e. The average Bonchev–Trinajstić information content (AvgIpc) is 2.23. The minimum atomic E-state index is -0.258. The van der Waals surface area contributed by atoms with Crippen molar-refractivity contribution >= 4 is 0 Å². The summed E-state index contributed by atoms with van der Waals surface area (Å²) in [6.45, 7) is 3.16. The molecule has 0 amide bonds. The van der Waals surface area contributed by atoms with Crippen molar-refractivity contribution in [2.75, 3.05) is 6.54 Å². The van der Waals surface area contributed by atoms with Crippen LogP contribution in [0.5, 0.6) is 0 Å². The summed E-state index contributed by atoms with van der Waals surface area (Å²) in [6, 6.07) is 3.62. The molecule has 2 nitrogen and oxygen atoms in total. The number of rotatable bonds is 5. The van der Waals surface area contributed by atoms with Crippen LogP contribution in [-0.4, -0.2) is 11.5 Å². The van der Waals surface area contributed by atoms with Crippen LogP contribution in [0, 0.1) is 11.7 Å². The molecule has 16 heavy (non-hydrogen) atoms. The van der Waals surface area contributed by atoms with Crippen LogP contribution >= 0.6 is 0 Å². The summed E-state index contributed by atoms with van der Waals surface area (Å²) >= 11 is 0. The summed E-state index contributed by atoms with van der Waals surface area (Å²) in [5.74, 6) is 0.427. The molecule has 0 bridgehead atoms. The third kappa shape index (κ3) is 2.59. The summed E-state index contributed by atoms with van der Waals surface area (Å²) in [6.07, 6.45) is 6.27. The van der Waals surface area contributed by atoms with E-state index in [4.69, 9.17) is 0 Å². The Morgan fingerprint density at radius 2 is 2.31 bits per heavy atom. The minimum Gasteiger partial charge on any atom is -0.308 e. The Morgan fingerprint density at radius 1 is 1.50 bits per heavy atom. The Bertz CT molecular complexity index is 319. The number of halogens is 1. The zero-order chi connectivity index (χ0) is 11.4. The predicted octanol–water partition coefficient (Wildman–Crippen LogP) is 3.06. The Morgan fingerprint density at radius 3 is 2.81 bits per heavy atom. The number of pyridine rings is 1. The molecule has 1 aromatic rings. The first-order valence-electron chi connectivity index (χ1n) is 6.16. The highest BCUT2D eigenvalue weighted by Crippen LogP contribution is 2.36. The van der Waals surface area contributed by atoms with E-state index in [1.54, 1.807) is 6.07 Å². The lowest BCUT2D eigenvalue weighted by atomic mass is 9.78. The van der Waals surface area contributed by atoms with E-state index >= 15 is 0 Å². The molecule has 1 fully saturated rings. The zero-order valence-electron chi connectivity index (χ0n) is 9.75. The molecular formula is C13H19FN2. The summed E-state index contributed by atoms with van der Waals surface area (Å²) < 4.78 is 12.8. The lowest BCUT2D eigenvalue weighted by molar-refractivity contribution is 0.227. The molecule has 1 heterocycles. The van der Waals surface area contributed by atoms with Crippen LogP contribution in [0.3, 0.4) is 0 Å². The molecule has 0 aliphatic heterocycles. The molecule has 0 spiro atoms. The second-order valence-electron chi connectivity index (χ2n) is 4.52. The standard InChI is InChI=1S/C13H19FN2/c1-2-8-15-13(10-4-3-5-10)12-7-6-11(14)9-16-12/h6-7,9-10,13,15H,2-5,8H2,1H3. The number of hydrogen-bond acceptors (Lipinski definition) is 2. The van der Waals surface area contributed by atoms with E-state index < -0.39 is 0 Å². The number of aromatic nitrogens is 1. The second kappa shape index (κ2) is 5.39. The Balaban J connectivity index is 2.07. The third-order valence-electron chi connectivity index (χ3n) is 3.30. The fourth-order valence-corrected chi connectivity index (χ4v) is 2.16. The third-order valence-corrected chi connectivity index (χ3v) is 3.30.